The number of ether oxygens (including phenoxy) is 1. The first-order chi connectivity index (χ1) is 19.4. The van der Waals surface area contributed by atoms with Crippen molar-refractivity contribution in [2.24, 2.45) is 22.2 Å². The maximum absolute atomic E-state index is 14.6. The Morgan fingerprint density at radius 1 is 0.780 bits per heavy atom. The van der Waals surface area contributed by atoms with Gasteiger partial charge in [0.1, 0.15) is 11.8 Å². The molecule has 4 aromatic carbocycles. The van der Waals surface area contributed by atoms with Crippen molar-refractivity contribution in [1.29, 1.82) is 0 Å². The van der Waals surface area contributed by atoms with Gasteiger partial charge in [0.05, 0.1) is 18.7 Å². The lowest BCUT2D eigenvalue weighted by atomic mass is 9.89. The largest absolute Gasteiger partial charge is 0.497 e. The molecule has 0 unspecified atom stereocenters. The number of methoxy groups -OCH3 is 1. The number of primary amides is 1. The van der Waals surface area contributed by atoms with Gasteiger partial charge in [0.2, 0.25) is 11.8 Å². The van der Waals surface area contributed by atoms with Gasteiger partial charge in [0, 0.05) is 13.0 Å². The third-order valence-corrected chi connectivity index (χ3v) is 6.61. The summed E-state index contributed by atoms with van der Waals surface area (Å²) in [4.78, 5) is 33.3. The lowest BCUT2D eigenvalue weighted by Crippen LogP contribution is -2.50. The quantitative estimate of drug-likeness (QED) is 0.182. The number of hydrogen-bond donors (Lipinski definition) is 3. The lowest BCUT2D eigenvalue weighted by molar-refractivity contribution is -0.140. The molecular formula is C32H34ClN5O3. The normalized spacial score (nSPS) is 11.2. The molecule has 6 N–H and O–H groups in total. The molecule has 4 aromatic rings. The zero-order valence-electron chi connectivity index (χ0n) is 22.7. The first kappa shape index (κ1) is 30.7. The van der Waals surface area contributed by atoms with Crippen molar-refractivity contribution in [1.82, 2.24) is 4.90 Å². The molecule has 0 aromatic heterocycles. The highest BCUT2D eigenvalue weighted by atomic mass is 35.5. The Morgan fingerprint density at radius 3 is 1.88 bits per heavy atom. The average molecular weight is 572 g/mol. The molecule has 0 bridgehead atoms. The number of nitrogens with zero attached hydrogens (tertiary/aromatic N) is 2. The second-order valence-electron chi connectivity index (χ2n) is 9.40. The Hall–Kier alpha value is -4.82. The van der Waals surface area contributed by atoms with Crippen LogP contribution in [-0.4, -0.2) is 35.8 Å². The topological polar surface area (TPSA) is 137 Å². The monoisotopic (exact) mass is 571 g/mol. The molecule has 41 heavy (non-hydrogen) atoms. The number of carbonyl (C=O) groups is 2. The fourth-order valence-electron chi connectivity index (χ4n) is 4.69. The van der Waals surface area contributed by atoms with E-state index in [1.165, 1.54) is 0 Å². The van der Waals surface area contributed by atoms with Crippen LogP contribution in [0.25, 0.3) is 0 Å². The summed E-state index contributed by atoms with van der Waals surface area (Å²) in [6.45, 7) is 0.167. The summed E-state index contributed by atoms with van der Waals surface area (Å²) >= 11 is 0. The molecular weight excluding hydrogens is 538 g/mol. The first-order valence-electron chi connectivity index (χ1n) is 12.9. The van der Waals surface area contributed by atoms with E-state index in [0.29, 0.717) is 11.4 Å². The SMILES string of the molecule is COc1ccc(CN(C(=O)C(c2ccccc2)c2ccccc2)[C@H](Cc2cccc(N=C(N)N)c2)C(N)=O)cc1.Cl. The molecule has 8 nitrogen and oxygen atoms in total. The minimum atomic E-state index is -0.945. The maximum atomic E-state index is 14.6. The van der Waals surface area contributed by atoms with Crippen LogP contribution in [0, 0.1) is 0 Å². The Kier molecular flexibility index (Phi) is 10.9. The third kappa shape index (κ3) is 8.09. The summed E-state index contributed by atoms with van der Waals surface area (Å²) in [5.74, 6) is -0.883. The highest BCUT2D eigenvalue weighted by Crippen LogP contribution is 2.30. The molecule has 0 aliphatic rings. The molecule has 0 saturated heterocycles. The van der Waals surface area contributed by atoms with Crippen LogP contribution < -0.4 is 21.9 Å². The fourth-order valence-corrected chi connectivity index (χ4v) is 4.69. The van der Waals surface area contributed by atoms with Gasteiger partial charge in [-0.1, -0.05) is 84.9 Å². The Bertz CT molecular complexity index is 1420. The van der Waals surface area contributed by atoms with E-state index < -0.39 is 17.9 Å². The standard InChI is InChI=1S/C32H33N5O3.ClH/c1-40-27-17-15-22(16-18-27)21-37(28(30(33)38)20-23-9-8-14-26(19-23)36-32(34)35)31(39)29(24-10-4-2-5-11-24)25-12-6-3-7-13-25;/h2-19,28-29H,20-21H2,1H3,(H2,33,38)(H4,34,35,36);1H/t28-;/m1./s1. The van der Waals surface area contributed by atoms with Crippen LogP contribution in [0.2, 0.25) is 0 Å². The second-order valence-corrected chi connectivity index (χ2v) is 9.40. The van der Waals surface area contributed by atoms with Gasteiger partial charge >= 0.3 is 0 Å². The van der Waals surface area contributed by atoms with E-state index in [2.05, 4.69) is 4.99 Å². The summed E-state index contributed by atoms with van der Waals surface area (Å²) in [6, 6.07) is 32.7. The minimum Gasteiger partial charge on any atom is -0.497 e. The zero-order valence-corrected chi connectivity index (χ0v) is 23.5. The molecule has 0 heterocycles. The van der Waals surface area contributed by atoms with Gasteiger partial charge in [-0.3, -0.25) is 9.59 Å². The lowest BCUT2D eigenvalue weighted by Gasteiger charge is -2.33. The van der Waals surface area contributed by atoms with Gasteiger partial charge in [-0.25, -0.2) is 4.99 Å². The number of aliphatic imine (C=N–C) groups is 1. The molecule has 212 valence electrons. The van der Waals surface area contributed by atoms with Gasteiger partial charge in [-0.2, -0.15) is 0 Å². The predicted molar refractivity (Wildman–Crippen MR) is 164 cm³/mol. The molecule has 0 aliphatic heterocycles. The molecule has 0 fully saturated rings. The summed E-state index contributed by atoms with van der Waals surface area (Å²) in [6.07, 6.45) is 0.182. The number of carbonyl (C=O) groups excluding carboxylic acids is 2. The number of benzene rings is 4. The molecule has 0 radical (unpaired) electrons. The van der Waals surface area contributed by atoms with E-state index in [1.54, 1.807) is 30.2 Å². The average Bonchev–Trinajstić information content (AvgIpc) is 2.96. The maximum Gasteiger partial charge on any atom is 0.240 e. The molecule has 1 atom stereocenters. The van der Waals surface area contributed by atoms with Gasteiger partial charge in [0.15, 0.2) is 5.96 Å². The summed E-state index contributed by atoms with van der Waals surface area (Å²) in [5.41, 5.74) is 20.9. The number of rotatable bonds is 11. The smallest absolute Gasteiger partial charge is 0.240 e. The van der Waals surface area contributed by atoms with Crippen LogP contribution in [0.1, 0.15) is 28.2 Å². The number of amides is 2. The highest BCUT2D eigenvalue weighted by Gasteiger charge is 2.34. The number of hydrogen-bond acceptors (Lipinski definition) is 4. The molecule has 0 spiro atoms. The second kappa shape index (κ2) is 14.5. The first-order valence-corrected chi connectivity index (χ1v) is 12.9. The molecule has 2 amide bonds. The van der Waals surface area contributed by atoms with Crippen molar-refractivity contribution in [2.75, 3.05) is 7.11 Å². The van der Waals surface area contributed by atoms with E-state index >= 15 is 0 Å². The van der Waals surface area contributed by atoms with E-state index in [4.69, 9.17) is 21.9 Å². The Labute approximate surface area is 246 Å². The van der Waals surface area contributed by atoms with Crippen LogP contribution >= 0.6 is 12.4 Å². The summed E-state index contributed by atoms with van der Waals surface area (Å²) < 4.78 is 5.30. The van der Waals surface area contributed by atoms with Gasteiger partial charge in [0.25, 0.3) is 0 Å². The van der Waals surface area contributed by atoms with E-state index in [9.17, 15) is 9.59 Å². The zero-order chi connectivity index (χ0) is 28.5. The van der Waals surface area contributed by atoms with Crippen molar-refractivity contribution < 1.29 is 14.3 Å². The fraction of sp³-hybridized carbons (Fsp3) is 0.156. The predicted octanol–water partition coefficient (Wildman–Crippen LogP) is 4.28. The van der Waals surface area contributed by atoms with Gasteiger partial charge < -0.3 is 26.8 Å². The number of guanidine groups is 1. The molecule has 0 aliphatic carbocycles. The molecule has 0 saturated carbocycles. The van der Waals surface area contributed by atoms with E-state index in [1.807, 2.05) is 91.0 Å². The van der Waals surface area contributed by atoms with Crippen molar-refractivity contribution in [3.63, 3.8) is 0 Å². The van der Waals surface area contributed by atoms with Crippen molar-refractivity contribution in [3.8, 4) is 5.75 Å². The molecule has 9 heteroatoms. The van der Waals surface area contributed by atoms with E-state index in [-0.39, 0.29) is 37.2 Å². The van der Waals surface area contributed by atoms with Crippen LogP contribution in [0.3, 0.4) is 0 Å². The van der Waals surface area contributed by atoms with Crippen molar-refractivity contribution in [3.05, 3.63) is 131 Å². The van der Waals surface area contributed by atoms with Crippen LogP contribution in [0.4, 0.5) is 5.69 Å². The highest BCUT2D eigenvalue weighted by molar-refractivity contribution is 5.92. The summed E-state index contributed by atoms with van der Waals surface area (Å²) in [7, 11) is 1.59. The van der Waals surface area contributed by atoms with E-state index in [0.717, 1.165) is 22.3 Å². The van der Waals surface area contributed by atoms with Crippen LogP contribution in [-0.2, 0) is 22.6 Å². The van der Waals surface area contributed by atoms with Gasteiger partial charge in [-0.05, 0) is 46.5 Å². The summed E-state index contributed by atoms with van der Waals surface area (Å²) in [5, 5.41) is 0. The Balaban J connectivity index is 0.00000462. The minimum absolute atomic E-state index is 0. The van der Waals surface area contributed by atoms with Crippen molar-refractivity contribution >= 4 is 35.9 Å². The van der Waals surface area contributed by atoms with Gasteiger partial charge in [-0.15, -0.1) is 12.4 Å². The van der Waals surface area contributed by atoms with Crippen LogP contribution in [0.5, 0.6) is 5.75 Å². The number of halogens is 1. The van der Waals surface area contributed by atoms with Crippen molar-refractivity contribution in [2.45, 2.75) is 24.9 Å². The molecule has 4 rings (SSSR count). The number of nitrogens with two attached hydrogens (primary N) is 3. The Morgan fingerprint density at radius 2 is 1.37 bits per heavy atom. The third-order valence-electron chi connectivity index (χ3n) is 6.61. The van der Waals surface area contributed by atoms with Crippen LogP contribution in [0.15, 0.2) is 114 Å².